The minimum Gasteiger partial charge on any atom is -0.342 e. The molecule has 0 radical (unpaired) electrons. The second kappa shape index (κ2) is 6.45. The number of benzene rings is 2. The van der Waals surface area contributed by atoms with E-state index in [1.807, 2.05) is 0 Å². The van der Waals surface area contributed by atoms with Gasteiger partial charge in [-0.2, -0.15) is 0 Å². The maximum absolute atomic E-state index is 13.1. The van der Waals surface area contributed by atoms with Crippen molar-refractivity contribution >= 4 is 23.2 Å². The molecule has 6 heteroatoms. The Morgan fingerprint density at radius 3 is 2.25 bits per heavy atom. The molecule has 0 unspecified atom stereocenters. The summed E-state index contributed by atoms with van der Waals surface area (Å²) in [5, 5.41) is 4.89. The molecule has 1 fully saturated rings. The highest BCUT2D eigenvalue weighted by Crippen LogP contribution is 2.24. The largest absolute Gasteiger partial charge is 0.342 e. The van der Waals surface area contributed by atoms with Gasteiger partial charge >= 0.3 is 0 Å². The smallest absolute Gasteiger partial charge is 0.269 e. The van der Waals surface area contributed by atoms with Crippen molar-refractivity contribution in [2.24, 2.45) is 0 Å². The van der Waals surface area contributed by atoms with E-state index in [1.165, 1.54) is 24.3 Å². The predicted octanol–water partition coefficient (Wildman–Crippen LogP) is 1.67. The highest BCUT2D eigenvalue weighted by Gasteiger charge is 2.28. The van der Waals surface area contributed by atoms with Gasteiger partial charge in [-0.1, -0.05) is 30.3 Å². The molecule has 5 nitrogen and oxygen atoms in total. The van der Waals surface area contributed by atoms with Crippen molar-refractivity contribution in [2.75, 3.05) is 6.54 Å². The SMILES string of the molecule is O=C1CNC(=O)C(=C(C(=O)c2ccc(F)cc2)c2ccccc2)N1. The zero-order valence-corrected chi connectivity index (χ0v) is 12.5. The van der Waals surface area contributed by atoms with Crippen molar-refractivity contribution in [1.29, 1.82) is 0 Å². The van der Waals surface area contributed by atoms with E-state index in [0.29, 0.717) is 5.56 Å². The summed E-state index contributed by atoms with van der Waals surface area (Å²) in [6, 6.07) is 13.5. The van der Waals surface area contributed by atoms with Crippen LogP contribution in [0.1, 0.15) is 15.9 Å². The molecule has 0 atom stereocenters. The number of ketones is 1. The van der Waals surface area contributed by atoms with Gasteiger partial charge in [-0.25, -0.2) is 4.39 Å². The fourth-order valence-corrected chi connectivity index (χ4v) is 2.40. The Morgan fingerprint density at radius 1 is 0.917 bits per heavy atom. The van der Waals surface area contributed by atoms with E-state index in [0.717, 1.165) is 0 Å². The minimum atomic E-state index is -0.538. The lowest BCUT2D eigenvalue weighted by molar-refractivity contribution is -0.127. The number of nitrogens with one attached hydrogen (secondary N) is 2. The Balaban J connectivity index is 2.15. The molecule has 3 rings (SSSR count). The maximum Gasteiger partial charge on any atom is 0.269 e. The molecule has 0 aliphatic carbocycles. The van der Waals surface area contributed by atoms with Gasteiger partial charge in [0.05, 0.1) is 12.1 Å². The number of piperazine rings is 1. The Kier molecular flexibility index (Phi) is 4.20. The number of rotatable bonds is 3. The van der Waals surface area contributed by atoms with Crippen LogP contribution in [0, 0.1) is 5.82 Å². The van der Waals surface area contributed by atoms with Crippen LogP contribution in [0.15, 0.2) is 60.3 Å². The van der Waals surface area contributed by atoms with Crippen LogP contribution in [0.3, 0.4) is 0 Å². The average Bonchev–Trinajstić information content (AvgIpc) is 2.60. The number of amides is 2. The Morgan fingerprint density at radius 2 is 1.58 bits per heavy atom. The number of Topliss-reactive ketones (excluding diaryl/α,β-unsaturated/α-hetero) is 1. The molecule has 2 aromatic rings. The number of carbonyl (C=O) groups is 3. The molecule has 24 heavy (non-hydrogen) atoms. The van der Waals surface area contributed by atoms with E-state index < -0.39 is 23.4 Å². The van der Waals surface area contributed by atoms with E-state index in [-0.39, 0.29) is 23.4 Å². The van der Waals surface area contributed by atoms with E-state index in [9.17, 15) is 18.8 Å². The number of allylic oxidation sites excluding steroid dienone is 1. The van der Waals surface area contributed by atoms with Crippen LogP contribution in [0.2, 0.25) is 0 Å². The van der Waals surface area contributed by atoms with Crippen LogP contribution in [0.4, 0.5) is 4.39 Å². The van der Waals surface area contributed by atoms with Crippen molar-refractivity contribution in [3.8, 4) is 0 Å². The molecule has 1 saturated heterocycles. The van der Waals surface area contributed by atoms with Gasteiger partial charge in [-0.3, -0.25) is 14.4 Å². The summed E-state index contributed by atoms with van der Waals surface area (Å²) in [7, 11) is 0. The topological polar surface area (TPSA) is 75.3 Å². The summed E-state index contributed by atoms with van der Waals surface area (Å²) in [4.78, 5) is 36.7. The van der Waals surface area contributed by atoms with Crippen LogP contribution in [0.5, 0.6) is 0 Å². The first-order valence-corrected chi connectivity index (χ1v) is 7.24. The minimum absolute atomic E-state index is 0.0627. The number of carbonyl (C=O) groups excluding carboxylic acids is 3. The number of hydrogen-bond donors (Lipinski definition) is 2. The van der Waals surface area contributed by atoms with Gasteiger partial charge in [0.1, 0.15) is 11.5 Å². The Bertz CT molecular complexity index is 842. The molecular formula is C18H13FN2O3. The van der Waals surface area contributed by atoms with Crippen molar-refractivity contribution in [3.63, 3.8) is 0 Å². The van der Waals surface area contributed by atoms with E-state index in [1.54, 1.807) is 30.3 Å². The number of halogens is 1. The standard InChI is InChI=1S/C18H13FN2O3/c19-13-8-6-12(7-9-13)17(23)15(11-4-2-1-3-5-11)16-18(24)20-10-14(22)21-16/h1-9H,10H2,(H,20,24)(H,21,22). The fourth-order valence-electron chi connectivity index (χ4n) is 2.40. The monoisotopic (exact) mass is 324 g/mol. The third-order valence-corrected chi connectivity index (χ3v) is 3.55. The molecule has 2 amide bonds. The molecule has 2 aromatic carbocycles. The van der Waals surface area contributed by atoms with Crippen LogP contribution >= 0.6 is 0 Å². The van der Waals surface area contributed by atoms with Crippen molar-refractivity contribution < 1.29 is 18.8 Å². The Labute approximate surface area is 137 Å². The summed E-state index contributed by atoms with van der Waals surface area (Å²) in [5.74, 6) is -1.90. The summed E-state index contributed by atoms with van der Waals surface area (Å²) >= 11 is 0. The molecule has 1 aliphatic rings. The third kappa shape index (κ3) is 3.08. The first-order valence-electron chi connectivity index (χ1n) is 7.24. The molecule has 120 valence electrons. The normalized spacial score (nSPS) is 16.2. The lowest BCUT2D eigenvalue weighted by atomic mass is 9.94. The van der Waals surface area contributed by atoms with Crippen LogP contribution in [-0.4, -0.2) is 24.1 Å². The predicted molar refractivity (Wildman–Crippen MR) is 85.2 cm³/mol. The van der Waals surface area contributed by atoms with Crippen LogP contribution in [-0.2, 0) is 9.59 Å². The van der Waals surface area contributed by atoms with Gasteiger partial charge in [-0.15, -0.1) is 0 Å². The average molecular weight is 324 g/mol. The second-order valence-electron chi connectivity index (χ2n) is 5.18. The summed E-state index contributed by atoms with van der Waals surface area (Å²) in [6.07, 6.45) is 0. The highest BCUT2D eigenvalue weighted by atomic mass is 19.1. The van der Waals surface area contributed by atoms with Crippen molar-refractivity contribution in [1.82, 2.24) is 10.6 Å². The van der Waals surface area contributed by atoms with Crippen molar-refractivity contribution in [2.45, 2.75) is 0 Å². The molecule has 0 saturated carbocycles. The second-order valence-corrected chi connectivity index (χ2v) is 5.18. The van der Waals surface area contributed by atoms with Gasteiger partial charge in [0.25, 0.3) is 5.91 Å². The molecule has 1 aliphatic heterocycles. The third-order valence-electron chi connectivity index (χ3n) is 3.55. The van der Waals surface area contributed by atoms with Crippen molar-refractivity contribution in [3.05, 3.63) is 77.2 Å². The molecular weight excluding hydrogens is 311 g/mol. The summed E-state index contributed by atoms with van der Waals surface area (Å²) < 4.78 is 13.1. The quantitative estimate of drug-likeness (QED) is 0.666. The van der Waals surface area contributed by atoms with Crippen LogP contribution < -0.4 is 10.6 Å². The zero-order valence-electron chi connectivity index (χ0n) is 12.5. The molecule has 0 aromatic heterocycles. The summed E-state index contributed by atoms with van der Waals surface area (Å²) in [5.41, 5.74) is 0.661. The van der Waals surface area contributed by atoms with Gasteiger partial charge in [0.15, 0.2) is 5.78 Å². The first kappa shape index (κ1) is 15.6. The van der Waals surface area contributed by atoms with Crippen LogP contribution in [0.25, 0.3) is 5.57 Å². The van der Waals surface area contributed by atoms with E-state index in [4.69, 9.17) is 0 Å². The van der Waals surface area contributed by atoms with E-state index >= 15 is 0 Å². The molecule has 1 heterocycles. The van der Waals surface area contributed by atoms with Gasteiger partial charge in [0, 0.05) is 5.56 Å². The fraction of sp³-hybridized carbons (Fsp3) is 0.0556. The lowest BCUT2D eigenvalue weighted by Gasteiger charge is -2.20. The lowest BCUT2D eigenvalue weighted by Crippen LogP contribution is -2.48. The van der Waals surface area contributed by atoms with Gasteiger partial charge in [0.2, 0.25) is 5.91 Å². The van der Waals surface area contributed by atoms with Gasteiger partial charge in [-0.05, 0) is 29.8 Å². The maximum atomic E-state index is 13.1. The number of hydrogen-bond acceptors (Lipinski definition) is 3. The Hall–Kier alpha value is -3.28. The van der Waals surface area contributed by atoms with E-state index in [2.05, 4.69) is 10.6 Å². The molecule has 2 N–H and O–H groups in total. The molecule has 0 bridgehead atoms. The summed E-state index contributed by atoms with van der Waals surface area (Å²) in [6.45, 7) is -0.144. The first-order chi connectivity index (χ1) is 11.6. The molecule has 0 spiro atoms. The van der Waals surface area contributed by atoms with Gasteiger partial charge < -0.3 is 10.6 Å². The highest BCUT2D eigenvalue weighted by molar-refractivity contribution is 6.33. The zero-order chi connectivity index (χ0) is 17.1.